The Morgan fingerprint density at radius 2 is 1.78 bits per heavy atom. The van der Waals surface area contributed by atoms with Crippen LogP contribution in [0.5, 0.6) is 11.5 Å². The van der Waals surface area contributed by atoms with E-state index >= 15 is 0 Å². The molecule has 0 saturated carbocycles. The molecule has 1 unspecified atom stereocenters. The third kappa shape index (κ3) is 5.87. The number of nitrogens with one attached hydrogen (secondary N) is 1. The van der Waals surface area contributed by atoms with Gasteiger partial charge in [0.05, 0.1) is 12.7 Å². The largest absolute Gasteiger partial charge is 0.507 e. The van der Waals surface area contributed by atoms with Crippen LogP contribution in [0.1, 0.15) is 75.6 Å². The number of aromatic hydroxyl groups is 1. The minimum atomic E-state index is -0.332. The molecule has 3 aromatic rings. The Labute approximate surface area is 214 Å². The summed E-state index contributed by atoms with van der Waals surface area (Å²) in [7, 11) is 3.70. The molecule has 1 aromatic heterocycles. The minimum absolute atomic E-state index is 0.00696. The van der Waals surface area contributed by atoms with E-state index in [0.29, 0.717) is 23.2 Å². The highest BCUT2D eigenvalue weighted by molar-refractivity contribution is 5.92. The van der Waals surface area contributed by atoms with Gasteiger partial charge in [-0.3, -0.25) is 14.3 Å². The van der Waals surface area contributed by atoms with Crippen molar-refractivity contribution in [2.45, 2.75) is 72.5 Å². The molecule has 2 aromatic carbocycles. The van der Waals surface area contributed by atoms with Gasteiger partial charge >= 0.3 is 0 Å². The lowest BCUT2D eigenvalue weighted by atomic mass is 9.98. The summed E-state index contributed by atoms with van der Waals surface area (Å²) in [6, 6.07) is 11.9. The van der Waals surface area contributed by atoms with E-state index in [1.54, 1.807) is 17.7 Å². The zero-order valence-corrected chi connectivity index (χ0v) is 22.7. The number of carbonyl (C=O) groups excluding carboxylic acids is 1. The summed E-state index contributed by atoms with van der Waals surface area (Å²) in [5, 5.41) is 22.4. The molecule has 8 nitrogen and oxygen atoms in total. The summed E-state index contributed by atoms with van der Waals surface area (Å²) in [5.41, 5.74) is 3.31. The summed E-state index contributed by atoms with van der Waals surface area (Å²) in [4.78, 5) is 15.4. The average molecular weight is 494 g/mol. The normalized spacial score (nSPS) is 12.4. The van der Waals surface area contributed by atoms with Crippen LogP contribution in [0, 0.1) is 0 Å². The lowest BCUT2D eigenvalue weighted by Gasteiger charge is -2.23. The number of nitrogens with zero attached hydrogens (tertiary/aromatic N) is 4. The number of aromatic nitrogens is 3. The fourth-order valence-electron chi connectivity index (χ4n) is 4.08. The molecular weight excluding hydrogens is 454 g/mol. The molecule has 36 heavy (non-hydrogen) atoms. The van der Waals surface area contributed by atoms with E-state index in [2.05, 4.69) is 67.3 Å². The quantitative estimate of drug-likeness (QED) is 0.406. The molecule has 0 aliphatic heterocycles. The number of benzene rings is 2. The fourth-order valence-corrected chi connectivity index (χ4v) is 4.08. The van der Waals surface area contributed by atoms with Gasteiger partial charge in [0.15, 0.2) is 5.82 Å². The molecule has 1 heterocycles. The van der Waals surface area contributed by atoms with E-state index in [4.69, 9.17) is 4.74 Å². The Kier molecular flexibility index (Phi) is 8.74. The number of phenolic OH excluding ortho intramolecular Hbond substituents is 1. The van der Waals surface area contributed by atoms with Gasteiger partial charge in [-0.25, -0.2) is 0 Å². The van der Waals surface area contributed by atoms with E-state index < -0.39 is 0 Å². The summed E-state index contributed by atoms with van der Waals surface area (Å²) < 4.78 is 7.18. The summed E-state index contributed by atoms with van der Waals surface area (Å²) in [6.45, 7) is 13.1. The molecule has 1 atom stereocenters. The summed E-state index contributed by atoms with van der Waals surface area (Å²) >= 11 is 0. The molecule has 3 rings (SSSR count). The molecular formula is C28H39N5O3. The van der Waals surface area contributed by atoms with Crippen LogP contribution in [0.4, 0.5) is 0 Å². The van der Waals surface area contributed by atoms with Crippen molar-refractivity contribution in [3.63, 3.8) is 0 Å². The number of hydrogen-bond acceptors (Lipinski definition) is 6. The topological polar surface area (TPSA) is 92.5 Å². The predicted molar refractivity (Wildman–Crippen MR) is 143 cm³/mol. The number of phenols is 1. The van der Waals surface area contributed by atoms with Gasteiger partial charge in [0.1, 0.15) is 11.5 Å². The highest BCUT2D eigenvalue weighted by Gasteiger charge is 2.25. The molecule has 0 bridgehead atoms. The van der Waals surface area contributed by atoms with Crippen LogP contribution in [0.15, 0.2) is 36.4 Å². The fraction of sp³-hybridized carbons (Fsp3) is 0.464. The number of methoxy groups -OCH3 is 1. The van der Waals surface area contributed by atoms with E-state index in [0.717, 1.165) is 24.2 Å². The predicted octanol–water partition coefficient (Wildman–Crippen LogP) is 5.14. The maximum absolute atomic E-state index is 13.1. The number of carbonyl (C=O) groups is 1. The van der Waals surface area contributed by atoms with Crippen molar-refractivity contribution < 1.29 is 14.6 Å². The molecule has 0 spiro atoms. The third-order valence-electron chi connectivity index (χ3n) is 6.47. The lowest BCUT2D eigenvalue weighted by Crippen LogP contribution is -2.32. The molecule has 0 saturated heterocycles. The van der Waals surface area contributed by atoms with Crippen molar-refractivity contribution in [1.82, 2.24) is 25.0 Å². The molecule has 0 fully saturated rings. The number of rotatable bonds is 10. The maximum atomic E-state index is 13.1. The van der Waals surface area contributed by atoms with Crippen LogP contribution in [0.3, 0.4) is 0 Å². The first kappa shape index (κ1) is 27.2. The van der Waals surface area contributed by atoms with E-state index in [-0.39, 0.29) is 29.4 Å². The number of ether oxygens (including phenoxy) is 1. The minimum Gasteiger partial charge on any atom is -0.507 e. The van der Waals surface area contributed by atoms with Crippen molar-refractivity contribution in [3.05, 3.63) is 53.3 Å². The molecule has 2 N–H and O–H groups in total. The first-order chi connectivity index (χ1) is 17.1. The molecule has 1 amide bonds. The van der Waals surface area contributed by atoms with Crippen LogP contribution in [-0.2, 0) is 6.54 Å². The zero-order valence-electron chi connectivity index (χ0n) is 22.7. The second kappa shape index (κ2) is 11.6. The molecule has 194 valence electrons. The summed E-state index contributed by atoms with van der Waals surface area (Å²) in [6.07, 6.45) is 1.08. The maximum Gasteiger partial charge on any atom is 0.289 e. The van der Waals surface area contributed by atoms with Crippen LogP contribution in [0.2, 0.25) is 0 Å². The van der Waals surface area contributed by atoms with Gasteiger partial charge in [-0.15, -0.1) is 10.2 Å². The van der Waals surface area contributed by atoms with Crippen molar-refractivity contribution in [1.29, 1.82) is 0 Å². The SMILES string of the molecule is CCC(C)N(C)Cc1ccc(-n2c(C(=O)NC(C)C)nnc2-c2cc(C(C)C)c(OC)cc2O)cc1. The average Bonchev–Trinajstić information content (AvgIpc) is 3.28. The Hall–Kier alpha value is -3.39. The first-order valence-corrected chi connectivity index (χ1v) is 12.5. The molecule has 0 aliphatic carbocycles. The Balaban J connectivity index is 2.13. The van der Waals surface area contributed by atoms with E-state index in [1.807, 2.05) is 32.0 Å². The monoisotopic (exact) mass is 493 g/mol. The molecule has 8 heteroatoms. The van der Waals surface area contributed by atoms with Gasteiger partial charge < -0.3 is 15.2 Å². The summed E-state index contributed by atoms with van der Waals surface area (Å²) in [5.74, 6) is 0.972. The standard InChI is InChI=1S/C28H39N5O3/c1-9-19(6)32(7)16-20-10-12-21(13-11-20)33-26(30-31-27(33)28(35)29-18(4)5)23-14-22(17(2)3)25(36-8)15-24(23)34/h10-15,17-19,34H,9,16H2,1-8H3,(H,29,35). The van der Waals surface area contributed by atoms with Crippen LogP contribution >= 0.6 is 0 Å². The molecule has 0 aliphatic rings. The van der Waals surface area contributed by atoms with Crippen molar-refractivity contribution in [2.24, 2.45) is 0 Å². The lowest BCUT2D eigenvalue weighted by molar-refractivity contribution is 0.0930. The Morgan fingerprint density at radius 3 is 2.33 bits per heavy atom. The highest BCUT2D eigenvalue weighted by atomic mass is 16.5. The van der Waals surface area contributed by atoms with Gasteiger partial charge in [0.2, 0.25) is 5.82 Å². The third-order valence-corrected chi connectivity index (χ3v) is 6.47. The van der Waals surface area contributed by atoms with Crippen molar-refractivity contribution in [3.8, 4) is 28.6 Å². The first-order valence-electron chi connectivity index (χ1n) is 12.5. The van der Waals surface area contributed by atoms with Gasteiger partial charge in [0, 0.05) is 30.4 Å². The smallest absolute Gasteiger partial charge is 0.289 e. The molecule has 0 radical (unpaired) electrons. The second-order valence-electron chi connectivity index (χ2n) is 9.92. The van der Waals surface area contributed by atoms with Crippen LogP contribution in [0.25, 0.3) is 17.1 Å². The van der Waals surface area contributed by atoms with Gasteiger partial charge in [-0.1, -0.05) is 32.9 Å². The van der Waals surface area contributed by atoms with E-state index in [1.165, 1.54) is 5.56 Å². The van der Waals surface area contributed by atoms with E-state index in [9.17, 15) is 9.90 Å². The van der Waals surface area contributed by atoms with Crippen molar-refractivity contribution >= 4 is 5.91 Å². The number of amides is 1. The Morgan fingerprint density at radius 1 is 1.11 bits per heavy atom. The van der Waals surface area contributed by atoms with Crippen molar-refractivity contribution in [2.75, 3.05) is 14.2 Å². The van der Waals surface area contributed by atoms with Crippen LogP contribution in [-0.4, -0.2) is 56.9 Å². The zero-order chi connectivity index (χ0) is 26.6. The Bertz CT molecular complexity index is 1180. The van der Waals surface area contributed by atoms with Gasteiger partial charge in [0.25, 0.3) is 5.91 Å². The second-order valence-corrected chi connectivity index (χ2v) is 9.92. The number of hydrogen-bond donors (Lipinski definition) is 2. The van der Waals surface area contributed by atoms with Gasteiger partial charge in [-0.2, -0.15) is 0 Å². The van der Waals surface area contributed by atoms with Crippen LogP contribution < -0.4 is 10.1 Å². The highest BCUT2D eigenvalue weighted by Crippen LogP contribution is 2.38. The van der Waals surface area contributed by atoms with Gasteiger partial charge in [-0.05, 0) is 69.5 Å².